The molecule has 90 valence electrons. The minimum atomic E-state index is -0.197. The average molecular weight is 232 g/mol. The van der Waals surface area contributed by atoms with Crippen molar-refractivity contribution in [2.24, 2.45) is 11.7 Å². The van der Waals surface area contributed by atoms with Crippen molar-refractivity contribution < 1.29 is 9.59 Å². The Kier molecular flexibility index (Phi) is 3.24. The third kappa shape index (κ3) is 2.22. The van der Waals surface area contributed by atoms with Crippen LogP contribution in [0.4, 0.5) is 0 Å². The van der Waals surface area contributed by atoms with Crippen molar-refractivity contribution >= 4 is 11.8 Å². The van der Waals surface area contributed by atoms with Gasteiger partial charge in [-0.2, -0.15) is 0 Å². The molecule has 0 bridgehead atoms. The van der Waals surface area contributed by atoms with E-state index in [0.717, 1.165) is 5.56 Å². The first-order valence-electron chi connectivity index (χ1n) is 5.76. The van der Waals surface area contributed by atoms with Crippen LogP contribution in [0.2, 0.25) is 0 Å². The van der Waals surface area contributed by atoms with Crippen molar-refractivity contribution in [3.63, 3.8) is 0 Å². The van der Waals surface area contributed by atoms with Gasteiger partial charge in [0.25, 0.3) is 5.91 Å². The SMILES string of the molecule is CC(CN)CN1C(=O)Cc2ccccc2C1=O. The Bertz CT molecular complexity index is 456. The van der Waals surface area contributed by atoms with E-state index < -0.39 is 0 Å². The van der Waals surface area contributed by atoms with Gasteiger partial charge in [0, 0.05) is 12.1 Å². The number of fused-ring (bicyclic) bond motifs is 1. The van der Waals surface area contributed by atoms with Crippen LogP contribution in [0.1, 0.15) is 22.8 Å². The second kappa shape index (κ2) is 4.67. The molecule has 1 aromatic rings. The van der Waals surface area contributed by atoms with Crippen molar-refractivity contribution in [2.75, 3.05) is 13.1 Å². The number of imide groups is 1. The first kappa shape index (κ1) is 11.8. The molecule has 2 rings (SSSR count). The molecule has 0 fully saturated rings. The van der Waals surface area contributed by atoms with Gasteiger partial charge in [-0.25, -0.2) is 0 Å². The van der Waals surface area contributed by atoms with Gasteiger partial charge in [0.15, 0.2) is 0 Å². The maximum Gasteiger partial charge on any atom is 0.260 e. The van der Waals surface area contributed by atoms with E-state index in [0.29, 0.717) is 25.1 Å². The molecule has 0 aromatic heterocycles. The van der Waals surface area contributed by atoms with Gasteiger partial charge in [-0.15, -0.1) is 0 Å². The summed E-state index contributed by atoms with van der Waals surface area (Å²) in [6.07, 6.45) is 0.305. The van der Waals surface area contributed by atoms with Gasteiger partial charge in [0.05, 0.1) is 6.42 Å². The number of amides is 2. The Morgan fingerprint density at radius 3 is 2.76 bits per heavy atom. The lowest BCUT2D eigenvalue weighted by molar-refractivity contribution is -0.128. The number of carbonyl (C=O) groups excluding carboxylic acids is 2. The van der Waals surface area contributed by atoms with Crippen LogP contribution in [-0.2, 0) is 11.2 Å². The van der Waals surface area contributed by atoms with Gasteiger partial charge >= 0.3 is 0 Å². The van der Waals surface area contributed by atoms with Crippen LogP contribution < -0.4 is 5.73 Å². The summed E-state index contributed by atoms with van der Waals surface area (Å²) in [5.41, 5.74) is 6.98. The summed E-state index contributed by atoms with van der Waals surface area (Å²) in [6, 6.07) is 7.26. The normalized spacial score (nSPS) is 16.9. The molecule has 1 heterocycles. The summed E-state index contributed by atoms with van der Waals surface area (Å²) in [5.74, 6) is -0.195. The number of nitrogens with two attached hydrogens (primary N) is 1. The third-order valence-electron chi connectivity index (χ3n) is 3.03. The van der Waals surface area contributed by atoms with Crippen LogP contribution in [0.25, 0.3) is 0 Å². The molecule has 0 saturated heterocycles. The third-order valence-corrected chi connectivity index (χ3v) is 3.03. The second-order valence-corrected chi connectivity index (χ2v) is 4.48. The predicted octanol–water partition coefficient (Wildman–Crippen LogP) is 0.806. The van der Waals surface area contributed by atoms with Gasteiger partial charge in [-0.1, -0.05) is 25.1 Å². The number of carbonyl (C=O) groups is 2. The van der Waals surface area contributed by atoms with E-state index in [1.165, 1.54) is 4.90 Å². The molecule has 1 atom stereocenters. The second-order valence-electron chi connectivity index (χ2n) is 4.48. The average Bonchev–Trinajstić information content (AvgIpc) is 2.34. The van der Waals surface area contributed by atoms with E-state index in [2.05, 4.69) is 0 Å². The minimum Gasteiger partial charge on any atom is -0.330 e. The molecule has 0 saturated carbocycles. The van der Waals surface area contributed by atoms with Gasteiger partial charge in [-0.05, 0) is 24.1 Å². The van der Waals surface area contributed by atoms with Crippen LogP contribution in [0.15, 0.2) is 24.3 Å². The Hall–Kier alpha value is -1.68. The highest BCUT2D eigenvalue weighted by Gasteiger charge is 2.30. The summed E-state index contributed by atoms with van der Waals surface area (Å²) >= 11 is 0. The molecule has 0 spiro atoms. The smallest absolute Gasteiger partial charge is 0.260 e. The Labute approximate surface area is 100 Å². The van der Waals surface area contributed by atoms with Crippen LogP contribution in [-0.4, -0.2) is 29.8 Å². The van der Waals surface area contributed by atoms with Crippen molar-refractivity contribution in [2.45, 2.75) is 13.3 Å². The molecule has 1 aliphatic heterocycles. The lowest BCUT2D eigenvalue weighted by Crippen LogP contribution is -2.45. The van der Waals surface area contributed by atoms with Gasteiger partial charge < -0.3 is 5.73 Å². The van der Waals surface area contributed by atoms with Crippen LogP contribution in [0.3, 0.4) is 0 Å². The van der Waals surface area contributed by atoms with E-state index in [9.17, 15) is 9.59 Å². The monoisotopic (exact) mass is 232 g/mol. The fourth-order valence-corrected chi connectivity index (χ4v) is 1.97. The molecular weight excluding hydrogens is 216 g/mol. The highest BCUT2D eigenvalue weighted by molar-refractivity contribution is 6.09. The predicted molar refractivity (Wildman–Crippen MR) is 64.4 cm³/mol. The van der Waals surface area contributed by atoms with Crippen molar-refractivity contribution in [3.8, 4) is 0 Å². The standard InChI is InChI=1S/C13H16N2O2/c1-9(7-14)8-15-12(16)6-10-4-2-3-5-11(10)13(15)17/h2-5,9H,6-8,14H2,1H3. The fraction of sp³-hybridized carbons (Fsp3) is 0.385. The first-order chi connectivity index (χ1) is 8.13. The molecule has 2 amide bonds. The fourth-order valence-electron chi connectivity index (χ4n) is 1.97. The molecule has 0 aliphatic carbocycles. The molecule has 0 radical (unpaired) electrons. The van der Waals surface area contributed by atoms with E-state index in [1.54, 1.807) is 6.07 Å². The molecule has 4 heteroatoms. The number of benzene rings is 1. The zero-order valence-corrected chi connectivity index (χ0v) is 9.85. The van der Waals surface area contributed by atoms with Crippen molar-refractivity contribution in [1.82, 2.24) is 4.90 Å². The summed E-state index contributed by atoms with van der Waals surface area (Å²) in [6.45, 7) is 2.81. The van der Waals surface area contributed by atoms with Crippen molar-refractivity contribution in [3.05, 3.63) is 35.4 Å². The molecule has 1 aliphatic rings. The highest BCUT2D eigenvalue weighted by Crippen LogP contribution is 2.20. The first-order valence-corrected chi connectivity index (χ1v) is 5.76. The van der Waals surface area contributed by atoms with Crippen LogP contribution >= 0.6 is 0 Å². The van der Waals surface area contributed by atoms with Crippen LogP contribution in [0.5, 0.6) is 0 Å². The lowest BCUT2D eigenvalue weighted by Gasteiger charge is -2.28. The zero-order chi connectivity index (χ0) is 12.4. The number of hydrogen-bond acceptors (Lipinski definition) is 3. The summed E-state index contributed by atoms with van der Waals surface area (Å²) in [7, 11) is 0. The summed E-state index contributed by atoms with van der Waals surface area (Å²) < 4.78 is 0. The quantitative estimate of drug-likeness (QED) is 0.784. The number of rotatable bonds is 3. The summed E-state index contributed by atoms with van der Waals surface area (Å²) in [5, 5.41) is 0. The maximum absolute atomic E-state index is 12.1. The maximum atomic E-state index is 12.1. The van der Waals surface area contributed by atoms with Gasteiger partial charge in [-0.3, -0.25) is 14.5 Å². The lowest BCUT2D eigenvalue weighted by atomic mass is 9.97. The molecule has 1 aromatic carbocycles. The van der Waals surface area contributed by atoms with E-state index in [4.69, 9.17) is 5.73 Å². The van der Waals surface area contributed by atoms with Gasteiger partial charge in [0.1, 0.15) is 0 Å². The van der Waals surface area contributed by atoms with Gasteiger partial charge in [0.2, 0.25) is 5.91 Å². The number of nitrogens with zero attached hydrogens (tertiary/aromatic N) is 1. The van der Waals surface area contributed by atoms with E-state index >= 15 is 0 Å². The Morgan fingerprint density at radius 1 is 1.35 bits per heavy atom. The van der Waals surface area contributed by atoms with E-state index in [1.807, 2.05) is 25.1 Å². The van der Waals surface area contributed by atoms with Crippen molar-refractivity contribution in [1.29, 1.82) is 0 Å². The highest BCUT2D eigenvalue weighted by atomic mass is 16.2. The summed E-state index contributed by atoms with van der Waals surface area (Å²) in [4.78, 5) is 25.3. The van der Waals surface area contributed by atoms with E-state index in [-0.39, 0.29) is 17.7 Å². The molecule has 1 unspecified atom stereocenters. The number of hydrogen-bond donors (Lipinski definition) is 1. The largest absolute Gasteiger partial charge is 0.330 e. The topological polar surface area (TPSA) is 63.4 Å². The Balaban J connectivity index is 2.27. The molecular formula is C13H16N2O2. The minimum absolute atomic E-state index is 0.131. The zero-order valence-electron chi connectivity index (χ0n) is 9.85. The molecule has 2 N–H and O–H groups in total. The molecule has 4 nitrogen and oxygen atoms in total. The molecule has 17 heavy (non-hydrogen) atoms. The van der Waals surface area contributed by atoms with Crippen LogP contribution in [0, 0.1) is 5.92 Å². The Morgan fingerprint density at radius 2 is 2.06 bits per heavy atom.